The molecule has 0 aliphatic heterocycles. The predicted octanol–water partition coefficient (Wildman–Crippen LogP) is 2.42. The number of carbonyl (C=O) groups is 1. The fourth-order valence-corrected chi connectivity index (χ4v) is 1.85. The van der Waals surface area contributed by atoms with E-state index in [0.717, 1.165) is 25.1 Å². The molecule has 0 saturated carbocycles. The second-order valence-corrected chi connectivity index (χ2v) is 4.61. The summed E-state index contributed by atoms with van der Waals surface area (Å²) in [7, 11) is 1.93. The molecule has 0 aliphatic carbocycles. The van der Waals surface area contributed by atoms with Crippen LogP contribution in [0.1, 0.15) is 25.3 Å². The molecular weight excluding hydrogens is 242 g/mol. The molecule has 1 rings (SSSR count). The van der Waals surface area contributed by atoms with Gasteiger partial charge in [-0.15, -0.1) is 0 Å². The molecule has 1 N–H and O–H groups in total. The normalized spacial score (nSPS) is 10.7. The summed E-state index contributed by atoms with van der Waals surface area (Å²) in [6, 6.07) is 8.07. The highest BCUT2D eigenvalue weighted by Crippen LogP contribution is 2.18. The highest BCUT2D eigenvalue weighted by atomic mass is 16.5. The van der Waals surface area contributed by atoms with E-state index in [1.807, 2.05) is 30.1 Å². The summed E-state index contributed by atoms with van der Waals surface area (Å²) < 4.78 is 5.76. The molecule has 0 saturated heterocycles. The van der Waals surface area contributed by atoms with E-state index in [9.17, 15) is 4.79 Å². The Hall–Kier alpha value is -1.55. The molecule has 4 nitrogen and oxygen atoms in total. The van der Waals surface area contributed by atoms with Gasteiger partial charge in [-0.25, -0.2) is 0 Å². The summed E-state index contributed by atoms with van der Waals surface area (Å²) in [5, 5.41) is 8.59. The number of carboxylic acids is 1. The molecule has 1 aromatic rings. The summed E-state index contributed by atoms with van der Waals surface area (Å²) in [4.78, 5) is 12.5. The van der Waals surface area contributed by atoms with E-state index < -0.39 is 5.97 Å². The number of hydrogen-bond donors (Lipinski definition) is 1. The monoisotopic (exact) mass is 265 g/mol. The summed E-state index contributed by atoms with van der Waals surface area (Å²) in [6.07, 6.45) is 2.05. The van der Waals surface area contributed by atoms with Gasteiger partial charge in [0, 0.05) is 13.1 Å². The number of carboxylic acid groups (broad SMARTS) is 1. The molecule has 0 unspecified atom stereocenters. The number of aryl methyl sites for hydroxylation is 1. The van der Waals surface area contributed by atoms with Crippen LogP contribution in [0.2, 0.25) is 0 Å². The van der Waals surface area contributed by atoms with Crippen molar-refractivity contribution in [3.05, 3.63) is 29.8 Å². The van der Waals surface area contributed by atoms with E-state index in [0.29, 0.717) is 13.2 Å². The van der Waals surface area contributed by atoms with Crippen LogP contribution in [0, 0.1) is 0 Å². The third kappa shape index (κ3) is 6.25. The number of rotatable bonds is 9. The van der Waals surface area contributed by atoms with Crippen molar-refractivity contribution in [3.63, 3.8) is 0 Å². The zero-order valence-corrected chi connectivity index (χ0v) is 11.8. The molecule has 0 bridgehead atoms. The maximum absolute atomic E-state index is 10.4. The number of para-hydroxylation sites is 1. The number of nitrogens with zero attached hydrogens (tertiary/aromatic N) is 1. The second-order valence-electron chi connectivity index (χ2n) is 4.61. The van der Waals surface area contributed by atoms with Gasteiger partial charge < -0.3 is 14.7 Å². The predicted molar refractivity (Wildman–Crippen MR) is 75.7 cm³/mol. The van der Waals surface area contributed by atoms with Crippen molar-refractivity contribution < 1.29 is 14.6 Å². The van der Waals surface area contributed by atoms with Gasteiger partial charge in [0.1, 0.15) is 5.75 Å². The van der Waals surface area contributed by atoms with Crippen LogP contribution >= 0.6 is 0 Å². The Labute approximate surface area is 115 Å². The Morgan fingerprint density at radius 3 is 2.74 bits per heavy atom. The molecule has 0 fully saturated rings. The average Bonchev–Trinajstić information content (AvgIpc) is 2.41. The first-order chi connectivity index (χ1) is 9.13. The quantitative estimate of drug-likeness (QED) is 0.697. The fraction of sp³-hybridized carbons (Fsp3) is 0.533. The molecule has 19 heavy (non-hydrogen) atoms. The first kappa shape index (κ1) is 15.5. The lowest BCUT2D eigenvalue weighted by Gasteiger charge is -2.16. The number of benzene rings is 1. The summed E-state index contributed by atoms with van der Waals surface area (Å²) in [5.74, 6) is 0.207. The first-order valence-corrected chi connectivity index (χ1v) is 6.74. The van der Waals surface area contributed by atoms with Gasteiger partial charge in [0.05, 0.1) is 13.0 Å². The lowest BCUT2D eigenvalue weighted by Crippen LogP contribution is -2.24. The van der Waals surface area contributed by atoms with Crippen LogP contribution in [-0.4, -0.2) is 42.7 Å². The van der Waals surface area contributed by atoms with Gasteiger partial charge in [0.15, 0.2) is 0 Å². The standard InChI is InChI=1S/C15H23NO3/c1-3-13-7-4-5-8-14(13)19-12-6-10-16(2)11-9-15(17)18/h4-5,7-8H,3,6,9-12H2,1-2H3,(H,17,18). The van der Waals surface area contributed by atoms with Gasteiger partial charge in [-0.3, -0.25) is 4.79 Å². The van der Waals surface area contributed by atoms with Crippen molar-refractivity contribution in [2.75, 3.05) is 26.7 Å². The van der Waals surface area contributed by atoms with Crippen LogP contribution in [-0.2, 0) is 11.2 Å². The number of aliphatic carboxylic acids is 1. The zero-order chi connectivity index (χ0) is 14.1. The van der Waals surface area contributed by atoms with E-state index in [1.165, 1.54) is 5.56 Å². The molecule has 0 heterocycles. The minimum absolute atomic E-state index is 0.191. The minimum atomic E-state index is -0.750. The van der Waals surface area contributed by atoms with Crippen LogP contribution in [0.3, 0.4) is 0 Å². The van der Waals surface area contributed by atoms with Crippen molar-refractivity contribution in [2.45, 2.75) is 26.2 Å². The molecule has 0 spiro atoms. The molecule has 106 valence electrons. The third-order valence-corrected chi connectivity index (χ3v) is 3.00. The minimum Gasteiger partial charge on any atom is -0.493 e. The van der Waals surface area contributed by atoms with Crippen molar-refractivity contribution in [3.8, 4) is 5.75 Å². The van der Waals surface area contributed by atoms with Crippen molar-refractivity contribution in [1.82, 2.24) is 4.90 Å². The third-order valence-electron chi connectivity index (χ3n) is 3.00. The first-order valence-electron chi connectivity index (χ1n) is 6.74. The smallest absolute Gasteiger partial charge is 0.304 e. The van der Waals surface area contributed by atoms with Gasteiger partial charge in [-0.2, -0.15) is 0 Å². The second kappa shape index (κ2) is 8.53. The van der Waals surface area contributed by atoms with Gasteiger partial charge in [-0.1, -0.05) is 25.1 Å². The molecule has 4 heteroatoms. The van der Waals surface area contributed by atoms with Crippen LogP contribution in [0.25, 0.3) is 0 Å². The lowest BCUT2D eigenvalue weighted by atomic mass is 10.1. The topological polar surface area (TPSA) is 49.8 Å². The Balaban J connectivity index is 2.21. The molecule has 0 radical (unpaired) electrons. The van der Waals surface area contributed by atoms with Gasteiger partial charge in [-0.05, 0) is 31.5 Å². The van der Waals surface area contributed by atoms with E-state index >= 15 is 0 Å². The van der Waals surface area contributed by atoms with Crippen LogP contribution in [0.4, 0.5) is 0 Å². The van der Waals surface area contributed by atoms with Gasteiger partial charge >= 0.3 is 5.97 Å². The summed E-state index contributed by atoms with van der Waals surface area (Å²) in [5.41, 5.74) is 1.22. The molecule has 0 aromatic heterocycles. The Morgan fingerprint density at radius 2 is 2.05 bits per heavy atom. The Bertz CT molecular complexity index is 393. The van der Waals surface area contributed by atoms with Crippen LogP contribution in [0.15, 0.2) is 24.3 Å². The van der Waals surface area contributed by atoms with Gasteiger partial charge in [0.25, 0.3) is 0 Å². The highest BCUT2D eigenvalue weighted by molar-refractivity contribution is 5.66. The van der Waals surface area contributed by atoms with Crippen LogP contribution in [0.5, 0.6) is 5.75 Å². The van der Waals surface area contributed by atoms with Gasteiger partial charge in [0.2, 0.25) is 0 Å². The molecule has 1 aromatic carbocycles. The maximum atomic E-state index is 10.4. The Morgan fingerprint density at radius 1 is 1.32 bits per heavy atom. The lowest BCUT2D eigenvalue weighted by molar-refractivity contribution is -0.137. The Kier molecular flexibility index (Phi) is 6.97. The van der Waals surface area contributed by atoms with E-state index in [2.05, 4.69) is 13.0 Å². The van der Waals surface area contributed by atoms with E-state index in [-0.39, 0.29) is 6.42 Å². The van der Waals surface area contributed by atoms with E-state index in [1.54, 1.807) is 0 Å². The van der Waals surface area contributed by atoms with E-state index in [4.69, 9.17) is 9.84 Å². The number of hydrogen-bond acceptors (Lipinski definition) is 3. The summed E-state index contributed by atoms with van der Waals surface area (Å²) in [6.45, 7) is 4.21. The molecule has 0 aliphatic rings. The summed E-state index contributed by atoms with van der Waals surface area (Å²) >= 11 is 0. The van der Waals surface area contributed by atoms with Crippen molar-refractivity contribution in [1.29, 1.82) is 0 Å². The van der Waals surface area contributed by atoms with Crippen LogP contribution < -0.4 is 4.74 Å². The number of ether oxygens (including phenoxy) is 1. The molecule has 0 atom stereocenters. The fourth-order valence-electron chi connectivity index (χ4n) is 1.85. The maximum Gasteiger partial charge on any atom is 0.304 e. The molecule has 0 amide bonds. The van der Waals surface area contributed by atoms with Crippen molar-refractivity contribution in [2.24, 2.45) is 0 Å². The average molecular weight is 265 g/mol. The molecular formula is C15H23NO3. The zero-order valence-electron chi connectivity index (χ0n) is 11.8. The largest absolute Gasteiger partial charge is 0.493 e. The van der Waals surface area contributed by atoms with Crippen molar-refractivity contribution >= 4 is 5.97 Å². The SMILES string of the molecule is CCc1ccccc1OCCCN(C)CCC(=O)O. The highest BCUT2D eigenvalue weighted by Gasteiger charge is 2.03.